The summed E-state index contributed by atoms with van der Waals surface area (Å²) in [5, 5.41) is 2.56. The monoisotopic (exact) mass is 668 g/mol. The average molecular weight is 669 g/mol. The summed E-state index contributed by atoms with van der Waals surface area (Å²) in [6.07, 6.45) is 3.80. The number of methoxy groups -OCH3 is 1. The topological polar surface area (TPSA) is 138 Å². The molecular weight excluding hydrogens is 636 g/mol. The lowest BCUT2D eigenvalue weighted by molar-refractivity contribution is -0.130. The van der Waals surface area contributed by atoms with Crippen LogP contribution in [0.1, 0.15) is 37.0 Å². The highest BCUT2D eigenvalue weighted by atomic mass is 35.5. The minimum absolute atomic E-state index is 0.0558. The van der Waals surface area contributed by atoms with Crippen molar-refractivity contribution < 1.29 is 41.2 Å². The summed E-state index contributed by atoms with van der Waals surface area (Å²) >= 11 is 5.91. The second kappa shape index (κ2) is 15.0. The Kier molecular flexibility index (Phi) is 11.1. The minimum atomic E-state index is -4.29. The number of amides is 4. The zero-order chi connectivity index (χ0) is 33.4. The average Bonchev–Trinajstić information content (AvgIpc) is 3.02. The van der Waals surface area contributed by atoms with Crippen molar-refractivity contribution in [2.45, 2.75) is 38.1 Å². The number of nitrogens with one attached hydrogen (secondary N) is 1. The molecule has 3 aromatic rings. The van der Waals surface area contributed by atoms with Gasteiger partial charge >= 0.3 is 16.1 Å². The molecule has 1 heterocycles. The molecule has 1 saturated heterocycles. The van der Waals surface area contributed by atoms with E-state index in [0.29, 0.717) is 39.8 Å². The number of hydrogen-bond acceptors (Lipinski definition) is 9. The van der Waals surface area contributed by atoms with Gasteiger partial charge in [0.25, 0.3) is 11.8 Å². The highest BCUT2D eigenvalue weighted by Crippen LogP contribution is 2.37. The van der Waals surface area contributed by atoms with Crippen LogP contribution >= 0.6 is 11.6 Å². The Hall–Kier alpha value is -4.81. The molecule has 4 amide bonds. The minimum Gasteiger partial charge on any atom is -0.493 e. The van der Waals surface area contributed by atoms with Crippen LogP contribution in [0.15, 0.2) is 77.7 Å². The molecule has 242 valence electrons. The van der Waals surface area contributed by atoms with Gasteiger partial charge in [-0.1, -0.05) is 30.7 Å². The van der Waals surface area contributed by atoms with Crippen molar-refractivity contribution in [3.8, 4) is 23.0 Å². The molecule has 1 N–H and O–H groups in total. The first kappa shape index (κ1) is 34.1. The second-order valence-electron chi connectivity index (χ2n) is 9.97. The first-order chi connectivity index (χ1) is 22.0. The Labute approximate surface area is 272 Å². The van der Waals surface area contributed by atoms with Crippen LogP contribution in [-0.4, -0.2) is 51.5 Å². The summed E-state index contributed by atoms with van der Waals surface area (Å²) < 4.78 is 48.6. The number of halogens is 1. The van der Waals surface area contributed by atoms with Crippen LogP contribution in [0.25, 0.3) is 6.08 Å². The van der Waals surface area contributed by atoms with Gasteiger partial charge in [0.1, 0.15) is 10.5 Å². The van der Waals surface area contributed by atoms with Crippen molar-refractivity contribution in [1.82, 2.24) is 10.2 Å². The van der Waals surface area contributed by atoms with Crippen LogP contribution < -0.4 is 23.7 Å². The Bertz CT molecular complexity index is 1790. The third-order valence-corrected chi connectivity index (χ3v) is 8.13. The summed E-state index contributed by atoms with van der Waals surface area (Å²) in [5.41, 5.74) is 0.931. The first-order valence-electron chi connectivity index (χ1n) is 14.3. The fourth-order valence-electron chi connectivity index (χ4n) is 4.52. The van der Waals surface area contributed by atoms with Crippen molar-refractivity contribution in [3.63, 3.8) is 0 Å². The van der Waals surface area contributed by atoms with Crippen molar-refractivity contribution >= 4 is 45.6 Å². The van der Waals surface area contributed by atoms with E-state index in [1.165, 1.54) is 49.6 Å². The first-order valence-corrected chi connectivity index (χ1v) is 16.1. The Morgan fingerprint density at radius 2 is 1.70 bits per heavy atom. The van der Waals surface area contributed by atoms with E-state index < -0.39 is 28.0 Å². The van der Waals surface area contributed by atoms with Crippen molar-refractivity contribution in [2.75, 3.05) is 20.3 Å². The number of hydrogen-bond donors (Lipinski definition) is 1. The normalized spacial score (nSPS) is 14.2. The van der Waals surface area contributed by atoms with Crippen LogP contribution in [0.2, 0.25) is 5.02 Å². The molecule has 1 aliphatic heterocycles. The molecule has 11 nitrogen and oxygen atoms in total. The molecule has 1 fully saturated rings. The van der Waals surface area contributed by atoms with E-state index in [2.05, 4.69) is 11.9 Å². The number of barbiturate groups is 1. The number of ether oxygens (including phenoxy) is 3. The van der Waals surface area contributed by atoms with Gasteiger partial charge in [-0.15, -0.1) is 6.58 Å². The van der Waals surface area contributed by atoms with Crippen LogP contribution in [-0.2, 0) is 32.7 Å². The van der Waals surface area contributed by atoms with Gasteiger partial charge in [0.15, 0.2) is 23.0 Å². The van der Waals surface area contributed by atoms with E-state index in [9.17, 15) is 22.8 Å². The third-order valence-electron chi connectivity index (χ3n) is 6.64. The second-order valence-corrected chi connectivity index (χ2v) is 11.9. The molecule has 0 bridgehead atoms. The smallest absolute Gasteiger partial charge is 0.339 e. The molecule has 0 unspecified atom stereocenters. The number of imide groups is 2. The summed E-state index contributed by atoms with van der Waals surface area (Å²) in [4.78, 5) is 39.9. The molecule has 46 heavy (non-hydrogen) atoms. The van der Waals surface area contributed by atoms with Gasteiger partial charge in [0.2, 0.25) is 0 Å². The third kappa shape index (κ3) is 7.88. The van der Waals surface area contributed by atoms with E-state index >= 15 is 0 Å². The molecule has 0 aliphatic carbocycles. The van der Waals surface area contributed by atoms with E-state index in [1.807, 2.05) is 6.92 Å². The van der Waals surface area contributed by atoms with Crippen LogP contribution in [0, 0.1) is 0 Å². The zero-order valence-electron chi connectivity index (χ0n) is 25.5. The van der Waals surface area contributed by atoms with Gasteiger partial charge < -0.3 is 18.4 Å². The number of rotatable bonds is 14. The van der Waals surface area contributed by atoms with E-state index in [4.69, 9.17) is 30.0 Å². The molecule has 13 heteroatoms. The standard InChI is InChI=1S/C33H33ClN2O9S/c1-5-8-23-16-22(19-29(43-7-3)30(23)45-46(40,41)25-12-10-24(34)11-13-25)17-26-31(37)35-33(39)36(32(26)38)20-21-9-14-27(44-15-6-2)28(18-21)42-4/h5,9-14,16-19H,1,6-8,15,20H2,2-4H3,(H,35,37,39)/b26-17+. The number of benzene rings is 3. The maximum absolute atomic E-state index is 13.5. The number of allylic oxidation sites excluding steroid dienone is 1. The maximum Gasteiger partial charge on any atom is 0.339 e. The molecule has 0 atom stereocenters. The molecule has 1 aliphatic rings. The highest BCUT2D eigenvalue weighted by molar-refractivity contribution is 7.87. The van der Waals surface area contributed by atoms with Gasteiger partial charge in [-0.2, -0.15) is 8.42 Å². The fraction of sp³-hybridized carbons (Fsp3) is 0.242. The predicted molar refractivity (Wildman–Crippen MR) is 172 cm³/mol. The lowest BCUT2D eigenvalue weighted by atomic mass is 10.0. The number of urea groups is 1. The molecule has 4 rings (SSSR count). The molecule has 0 radical (unpaired) electrons. The Balaban J connectivity index is 1.69. The van der Waals surface area contributed by atoms with Crippen molar-refractivity contribution in [2.24, 2.45) is 0 Å². The lowest BCUT2D eigenvalue weighted by Crippen LogP contribution is -2.53. The number of carbonyl (C=O) groups excluding carboxylic acids is 3. The van der Waals surface area contributed by atoms with Crippen molar-refractivity contribution in [1.29, 1.82) is 0 Å². The van der Waals surface area contributed by atoms with Gasteiger partial charge in [0, 0.05) is 10.6 Å². The van der Waals surface area contributed by atoms with Crippen LogP contribution in [0.4, 0.5) is 4.79 Å². The van der Waals surface area contributed by atoms with Gasteiger partial charge in [-0.3, -0.25) is 19.8 Å². The zero-order valence-corrected chi connectivity index (χ0v) is 27.1. The van der Waals surface area contributed by atoms with E-state index in [1.54, 1.807) is 31.2 Å². The van der Waals surface area contributed by atoms with Gasteiger partial charge in [-0.25, -0.2) is 4.79 Å². The summed E-state index contributed by atoms with van der Waals surface area (Å²) in [6.45, 7) is 7.91. The summed E-state index contributed by atoms with van der Waals surface area (Å²) in [5.74, 6) is -0.780. The maximum atomic E-state index is 13.5. The molecule has 0 saturated carbocycles. The molecule has 0 aromatic heterocycles. The lowest BCUT2D eigenvalue weighted by Gasteiger charge is -2.26. The SMILES string of the molecule is C=CCc1cc(/C=C2\C(=O)NC(=O)N(Cc3ccc(OCCC)c(OC)c3)C2=O)cc(OCC)c1OS(=O)(=O)c1ccc(Cl)cc1. The molecule has 0 spiro atoms. The van der Waals surface area contributed by atoms with Gasteiger partial charge in [-0.05, 0) is 85.5 Å². The summed E-state index contributed by atoms with van der Waals surface area (Å²) in [7, 11) is -2.81. The highest BCUT2D eigenvalue weighted by Gasteiger charge is 2.36. The fourth-order valence-corrected chi connectivity index (χ4v) is 5.62. The largest absolute Gasteiger partial charge is 0.493 e. The van der Waals surface area contributed by atoms with Gasteiger partial charge in [0.05, 0.1) is 26.9 Å². The summed E-state index contributed by atoms with van der Waals surface area (Å²) in [6, 6.07) is 12.6. The van der Waals surface area contributed by atoms with E-state index in [0.717, 1.165) is 11.3 Å². The molecule has 3 aromatic carbocycles. The number of carbonyl (C=O) groups is 3. The van der Waals surface area contributed by atoms with Crippen molar-refractivity contribution in [3.05, 3.63) is 94.5 Å². The van der Waals surface area contributed by atoms with Crippen LogP contribution in [0.3, 0.4) is 0 Å². The van der Waals surface area contributed by atoms with Crippen LogP contribution in [0.5, 0.6) is 23.0 Å². The molecular formula is C33H33ClN2O9S. The Morgan fingerprint density at radius 3 is 2.35 bits per heavy atom. The quantitative estimate of drug-likeness (QED) is 0.0993. The predicted octanol–water partition coefficient (Wildman–Crippen LogP) is 5.69. The van der Waals surface area contributed by atoms with E-state index in [-0.39, 0.29) is 41.5 Å². The number of nitrogens with zero attached hydrogens (tertiary/aromatic N) is 1. The Morgan fingerprint density at radius 1 is 0.957 bits per heavy atom.